The summed E-state index contributed by atoms with van der Waals surface area (Å²) in [4.78, 5) is 15.9. The molecule has 0 aliphatic carbocycles. The van der Waals surface area contributed by atoms with Gasteiger partial charge in [-0.3, -0.25) is 9.29 Å². The molecule has 1 aromatic carbocycles. The van der Waals surface area contributed by atoms with Crippen molar-refractivity contribution < 1.29 is 9.13 Å². The number of thiophene rings is 1. The molecule has 0 bridgehead atoms. The Hall–Kier alpha value is -3.19. The van der Waals surface area contributed by atoms with Gasteiger partial charge in [0, 0.05) is 54.3 Å². The molecule has 0 saturated carbocycles. The molecule has 5 aromatic rings. The maximum atomic E-state index is 13.5. The fourth-order valence-electron chi connectivity index (χ4n) is 4.43. The molecular formula is C27H26FN7OS3. The van der Waals surface area contributed by atoms with Gasteiger partial charge in [-0.15, -0.1) is 11.3 Å². The highest BCUT2D eigenvalue weighted by Crippen LogP contribution is 2.39. The summed E-state index contributed by atoms with van der Waals surface area (Å²) in [7, 11) is 1.87. The fourth-order valence-corrected chi connectivity index (χ4v) is 6.88. The third-order valence-corrected chi connectivity index (χ3v) is 9.46. The average Bonchev–Trinajstić information content (AvgIpc) is 3.59. The second kappa shape index (κ2) is 11.5. The van der Waals surface area contributed by atoms with Gasteiger partial charge >= 0.3 is 0 Å². The quantitative estimate of drug-likeness (QED) is 0.194. The lowest BCUT2D eigenvalue weighted by Crippen LogP contribution is -2.27. The summed E-state index contributed by atoms with van der Waals surface area (Å²) in [6, 6.07) is 11.9. The molecule has 4 aromatic heterocycles. The smallest absolute Gasteiger partial charge is 0.226 e. The highest BCUT2D eigenvalue weighted by atomic mass is 32.2. The van der Waals surface area contributed by atoms with E-state index in [0.717, 1.165) is 51.8 Å². The number of piperidine rings is 1. The van der Waals surface area contributed by atoms with Gasteiger partial charge in [-0.25, -0.2) is 14.1 Å². The van der Waals surface area contributed by atoms with Gasteiger partial charge in [-0.05, 0) is 60.9 Å². The molecular weight excluding hydrogens is 554 g/mol. The Kier molecular flexibility index (Phi) is 7.69. The molecule has 1 N–H and O–H groups in total. The predicted molar refractivity (Wildman–Crippen MR) is 156 cm³/mol. The number of hydrogen-bond donors (Lipinski definition) is 1. The number of nitrogens with zero attached hydrogens (tertiary/aromatic N) is 6. The van der Waals surface area contributed by atoms with Crippen molar-refractivity contribution in [2.24, 2.45) is 7.05 Å². The number of nitrogens with one attached hydrogen (secondary N) is 1. The Morgan fingerprint density at radius 1 is 1.10 bits per heavy atom. The summed E-state index contributed by atoms with van der Waals surface area (Å²) in [6.45, 7) is 2.05. The van der Waals surface area contributed by atoms with Gasteiger partial charge in [0.1, 0.15) is 11.6 Å². The van der Waals surface area contributed by atoms with Crippen molar-refractivity contribution in [1.82, 2.24) is 29.0 Å². The number of pyridine rings is 2. The molecule has 0 amide bonds. The van der Waals surface area contributed by atoms with Crippen LogP contribution in [-0.2, 0) is 7.05 Å². The van der Waals surface area contributed by atoms with Crippen molar-refractivity contribution >= 4 is 57.0 Å². The van der Waals surface area contributed by atoms with Crippen molar-refractivity contribution in [2.75, 3.05) is 24.7 Å². The van der Waals surface area contributed by atoms with Gasteiger partial charge in [-0.2, -0.15) is 10.1 Å². The van der Waals surface area contributed by atoms with Crippen LogP contribution in [0.1, 0.15) is 24.6 Å². The molecule has 12 heteroatoms. The lowest BCUT2D eigenvalue weighted by molar-refractivity contribution is 0.339. The van der Waals surface area contributed by atoms with Crippen molar-refractivity contribution in [3.8, 4) is 11.5 Å². The molecule has 39 heavy (non-hydrogen) atoms. The van der Waals surface area contributed by atoms with Crippen LogP contribution in [0.4, 0.5) is 16.2 Å². The summed E-state index contributed by atoms with van der Waals surface area (Å²) < 4.78 is 25.0. The number of aryl methyl sites for hydroxylation is 1. The molecule has 1 saturated heterocycles. The molecule has 5 heterocycles. The minimum Gasteiger partial charge on any atom is -0.453 e. The summed E-state index contributed by atoms with van der Waals surface area (Å²) in [5.74, 6) is 2.93. The molecule has 1 aliphatic heterocycles. The first-order valence-corrected chi connectivity index (χ1v) is 15.3. The van der Waals surface area contributed by atoms with E-state index in [1.807, 2.05) is 36.8 Å². The molecule has 1 aliphatic rings. The molecule has 1 fully saturated rings. The fraction of sp³-hybridized carbons (Fsp3) is 0.259. The Labute approximate surface area is 238 Å². The van der Waals surface area contributed by atoms with Gasteiger partial charge < -0.3 is 10.1 Å². The highest BCUT2D eigenvalue weighted by Gasteiger charge is 2.25. The van der Waals surface area contributed by atoms with Crippen LogP contribution >= 0.6 is 35.0 Å². The second-order valence-corrected chi connectivity index (χ2v) is 12.0. The minimum absolute atomic E-state index is 0.323. The van der Waals surface area contributed by atoms with Crippen molar-refractivity contribution in [2.45, 2.75) is 28.6 Å². The van der Waals surface area contributed by atoms with Crippen molar-refractivity contribution in [3.05, 3.63) is 71.9 Å². The Bertz CT molecular complexity index is 1580. The van der Waals surface area contributed by atoms with E-state index < -0.39 is 0 Å². The van der Waals surface area contributed by atoms with E-state index in [4.69, 9.17) is 19.8 Å². The number of halogens is 1. The highest BCUT2D eigenvalue weighted by molar-refractivity contribution is 7.99. The molecule has 8 nitrogen and oxygen atoms in total. The van der Waals surface area contributed by atoms with Crippen LogP contribution in [-0.4, -0.2) is 48.4 Å². The maximum Gasteiger partial charge on any atom is 0.226 e. The van der Waals surface area contributed by atoms with Gasteiger partial charge in [0.25, 0.3) is 0 Å². The first-order valence-electron chi connectivity index (χ1n) is 12.5. The third-order valence-electron chi connectivity index (χ3n) is 6.49. The standard InChI is InChI=1S/C27H26FN7OS3/c1-34-27(31-25(33-34)17-8-12-35(37-2)13-9-17)32-26-22(36-19-5-3-18(28)4-6-19)15-20(16-30-26)39-23-7-11-29-21-10-14-38-24(21)23/h3-7,10-11,14-17H,8-9,12-13H2,1-2H3,(H,30,31,32,33). The number of anilines is 2. The van der Waals surface area contributed by atoms with Gasteiger partial charge in [0.05, 0.1) is 10.2 Å². The Balaban J connectivity index is 1.28. The molecule has 0 spiro atoms. The largest absolute Gasteiger partial charge is 0.453 e. The average molecular weight is 580 g/mol. The first kappa shape index (κ1) is 26.1. The molecule has 6 rings (SSSR count). The lowest BCUT2D eigenvalue weighted by Gasteiger charge is -2.28. The summed E-state index contributed by atoms with van der Waals surface area (Å²) >= 11 is 5.04. The van der Waals surface area contributed by atoms with Gasteiger partial charge in [0.15, 0.2) is 17.4 Å². The zero-order valence-corrected chi connectivity index (χ0v) is 23.8. The maximum absolute atomic E-state index is 13.5. The van der Waals surface area contributed by atoms with Crippen LogP contribution < -0.4 is 10.1 Å². The zero-order valence-electron chi connectivity index (χ0n) is 21.4. The van der Waals surface area contributed by atoms with Crippen LogP contribution in [0.15, 0.2) is 70.0 Å². The monoisotopic (exact) mass is 579 g/mol. The molecule has 200 valence electrons. The van der Waals surface area contributed by atoms with Crippen LogP contribution in [0.5, 0.6) is 11.5 Å². The summed E-state index contributed by atoms with van der Waals surface area (Å²) in [6.07, 6.45) is 7.79. The van der Waals surface area contributed by atoms with E-state index in [1.165, 1.54) is 12.1 Å². The van der Waals surface area contributed by atoms with E-state index >= 15 is 0 Å². The van der Waals surface area contributed by atoms with E-state index in [9.17, 15) is 4.39 Å². The number of aromatic nitrogens is 5. The minimum atomic E-state index is -0.323. The SMILES string of the molecule is CSN1CCC(c2nc(Nc3ncc(Sc4ccnc5ccsc45)cc3Oc3ccc(F)cc3)n(C)n2)CC1. The second-order valence-electron chi connectivity index (χ2n) is 9.05. The van der Waals surface area contributed by atoms with Crippen LogP contribution in [0, 0.1) is 5.82 Å². The number of hydrogen-bond acceptors (Lipinski definition) is 10. The predicted octanol–water partition coefficient (Wildman–Crippen LogP) is 7.10. The van der Waals surface area contributed by atoms with E-state index in [-0.39, 0.29) is 5.82 Å². The van der Waals surface area contributed by atoms with Crippen LogP contribution in [0.25, 0.3) is 10.2 Å². The normalized spacial score (nSPS) is 14.6. The van der Waals surface area contributed by atoms with Crippen LogP contribution in [0.3, 0.4) is 0 Å². The topological polar surface area (TPSA) is 81.0 Å². The third kappa shape index (κ3) is 5.88. The Morgan fingerprint density at radius 2 is 1.92 bits per heavy atom. The van der Waals surface area contributed by atoms with Crippen molar-refractivity contribution in [3.63, 3.8) is 0 Å². The Morgan fingerprint density at radius 3 is 2.72 bits per heavy atom. The number of rotatable bonds is 8. The molecule has 0 unspecified atom stereocenters. The van der Waals surface area contributed by atoms with Crippen LogP contribution in [0.2, 0.25) is 0 Å². The summed E-state index contributed by atoms with van der Waals surface area (Å²) in [5, 5.41) is 10.1. The zero-order chi connectivity index (χ0) is 26.8. The lowest BCUT2D eigenvalue weighted by atomic mass is 9.98. The molecule has 0 radical (unpaired) electrons. The number of benzene rings is 1. The summed E-state index contributed by atoms with van der Waals surface area (Å²) in [5.41, 5.74) is 0.969. The molecule has 0 atom stereocenters. The van der Waals surface area contributed by atoms with E-state index in [0.29, 0.717) is 29.2 Å². The number of fused-ring (bicyclic) bond motifs is 1. The first-order chi connectivity index (χ1) is 19.1. The van der Waals surface area contributed by atoms with Gasteiger partial charge in [0.2, 0.25) is 5.95 Å². The van der Waals surface area contributed by atoms with Gasteiger partial charge in [-0.1, -0.05) is 23.7 Å². The van der Waals surface area contributed by atoms with E-state index in [1.54, 1.807) is 58.1 Å². The van der Waals surface area contributed by atoms with E-state index in [2.05, 4.69) is 20.9 Å². The van der Waals surface area contributed by atoms with Crippen molar-refractivity contribution in [1.29, 1.82) is 0 Å². The number of ether oxygens (including phenoxy) is 1.